The molecule has 1 N–H and O–H groups in total. The molecule has 0 unspecified atom stereocenters. The number of carbonyl (C=O) groups is 2. The fourth-order valence-electron chi connectivity index (χ4n) is 10.7. The van der Waals surface area contributed by atoms with Gasteiger partial charge in [0.05, 0.1) is 36.0 Å². The number of anilines is 1. The van der Waals surface area contributed by atoms with Crippen molar-refractivity contribution >= 4 is 27.5 Å². The Kier molecular flexibility index (Phi) is 12.6. The monoisotopic (exact) mass is 811 g/mol. The molecule has 14 heteroatoms. The zero-order valence-electron chi connectivity index (χ0n) is 33.5. The van der Waals surface area contributed by atoms with E-state index < -0.39 is 32.6 Å². The topological polar surface area (TPSA) is 112 Å². The van der Waals surface area contributed by atoms with Crippen LogP contribution in [0.1, 0.15) is 63.4 Å². The van der Waals surface area contributed by atoms with Gasteiger partial charge in [-0.25, -0.2) is 22.0 Å². The second kappa shape index (κ2) is 17.3. The third-order valence-electron chi connectivity index (χ3n) is 13.8. The zero-order chi connectivity index (χ0) is 40.4. The number of benzene rings is 2. The first kappa shape index (κ1) is 41.6. The van der Waals surface area contributed by atoms with Crippen molar-refractivity contribution < 1.29 is 36.3 Å². The van der Waals surface area contributed by atoms with Crippen molar-refractivity contribution in [2.75, 3.05) is 84.6 Å². The summed E-state index contributed by atoms with van der Waals surface area (Å²) in [5, 5.41) is 2.35. The maximum atomic E-state index is 15.8. The first-order valence-corrected chi connectivity index (χ1v) is 22.3. The highest BCUT2D eigenvalue weighted by Gasteiger charge is 2.54. The average Bonchev–Trinajstić information content (AvgIpc) is 3.48. The Hall–Kier alpha value is -3.59. The van der Waals surface area contributed by atoms with Gasteiger partial charge >= 0.3 is 6.09 Å². The van der Waals surface area contributed by atoms with Crippen LogP contribution < -0.4 is 10.2 Å². The number of methoxy groups -OCH3 is 2. The van der Waals surface area contributed by atoms with Crippen LogP contribution in [0.15, 0.2) is 60.0 Å². The van der Waals surface area contributed by atoms with E-state index in [1.807, 2.05) is 11.0 Å². The number of ether oxygens (including phenoxy) is 2. The Morgan fingerprint density at radius 2 is 1.70 bits per heavy atom. The molecule has 2 amide bonds. The predicted molar refractivity (Wildman–Crippen MR) is 215 cm³/mol. The van der Waals surface area contributed by atoms with Crippen LogP contribution >= 0.6 is 0 Å². The highest BCUT2D eigenvalue weighted by Crippen LogP contribution is 2.52. The lowest BCUT2D eigenvalue weighted by Crippen LogP contribution is -2.68. The Morgan fingerprint density at radius 3 is 2.35 bits per heavy atom. The number of hydrogen-bond donors (Lipinski definition) is 1. The first-order chi connectivity index (χ1) is 27.4. The van der Waals surface area contributed by atoms with Gasteiger partial charge in [-0.05, 0) is 125 Å². The number of alkyl carbamates (subject to hydrolysis) is 1. The molecular weight excluding hydrogens is 753 g/mol. The lowest BCUT2D eigenvalue weighted by atomic mass is 9.57. The van der Waals surface area contributed by atoms with E-state index in [-0.39, 0.29) is 46.5 Å². The van der Waals surface area contributed by atoms with Gasteiger partial charge in [0.2, 0.25) is 5.91 Å². The van der Waals surface area contributed by atoms with E-state index in [9.17, 15) is 18.0 Å². The van der Waals surface area contributed by atoms with E-state index in [1.165, 1.54) is 30.2 Å². The minimum absolute atomic E-state index is 0.0637. The molecule has 2 aromatic rings. The molecule has 4 atom stereocenters. The van der Waals surface area contributed by atoms with Gasteiger partial charge in [-0.15, -0.1) is 0 Å². The smallest absolute Gasteiger partial charge is 0.407 e. The molecule has 5 aliphatic rings. The van der Waals surface area contributed by atoms with Crippen molar-refractivity contribution in [2.45, 2.75) is 85.0 Å². The van der Waals surface area contributed by atoms with Crippen LogP contribution in [0.4, 0.5) is 19.3 Å². The van der Waals surface area contributed by atoms with Crippen molar-refractivity contribution in [3.8, 4) is 0 Å². The maximum absolute atomic E-state index is 15.8. The number of nitrogens with zero attached hydrogens (tertiary/aromatic N) is 4. The fraction of sp³-hybridized carbons (Fsp3) is 0.628. The van der Waals surface area contributed by atoms with Crippen LogP contribution in [-0.4, -0.2) is 132 Å². The van der Waals surface area contributed by atoms with Gasteiger partial charge in [0.1, 0.15) is 17.2 Å². The fourth-order valence-corrected chi connectivity index (χ4v) is 12.4. The third kappa shape index (κ3) is 8.47. The number of nitrogens with one attached hydrogen (secondary N) is 1. The summed E-state index contributed by atoms with van der Waals surface area (Å²) in [5.41, 5.74) is 0.462. The minimum atomic E-state index is -3.88. The summed E-state index contributed by atoms with van der Waals surface area (Å²) < 4.78 is 69.4. The lowest BCUT2D eigenvalue weighted by molar-refractivity contribution is -0.125. The number of piperidine rings is 1. The Morgan fingerprint density at radius 1 is 0.930 bits per heavy atom. The molecular formula is C43H59F2N5O6S. The molecule has 2 aromatic carbocycles. The summed E-state index contributed by atoms with van der Waals surface area (Å²) >= 11 is 0. The highest BCUT2D eigenvalue weighted by atomic mass is 32.2. The molecule has 0 radical (unpaired) electrons. The van der Waals surface area contributed by atoms with Crippen molar-refractivity contribution in [3.05, 3.63) is 72.3 Å². The van der Waals surface area contributed by atoms with Crippen LogP contribution in [0.2, 0.25) is 0 Å². The molecule has 0 bridgehead atoms. The second-order valence-corrected chi connectivity index (χ2v) is 19.2. The second-order valence-electron chi connectivity index (χ2n) is 17.0. The van der Waals surface area contributed by atoms with Gasteiger partial charge in [0, 0.05) is 44.7 Å². The summed E-state index contributed by atoms with van der Waals surface area (Å²) in [7, 11) is -0.791. The number of likely N-dealkylation sites (tertiary alicyclic amines) is 3. The van der Waals surface area contributed by atoms with Crippen molar-refractivity contribution in [2.24, 2.45) is 11.8 Å². The standard InChI is InChI=1S/C43H59F2N5O6S/c1-4-40(51)49-21-6-5-12-35(26-49)57(53,54)34-15-16-39(37(45)25-34)50-28-42(29-50,56-3)27-48-22-17-31(18-23-48)43(30-47-19-9-20-47,32-10-7-11-33(44)24-32)36-13-8-14-38(36)46-41(52)55-2/h4,7,10-11,15-16,24-25,31,35-36,38H,1,5-6,8-9,12-14,17-23,26-30H2,2-3H3,(H,46,52)/t35-,36+,38+,43+/m1/s1. The Balaban J connectivity index is 1.03. The zero-order valence-corrected chi connectivity index (χ0v) is 34.3. The van der Waals surface area contributed by atoms with E-state index >= 15 is 8.78 Å². The molecule has 4 heterocycles. The molecule has 5 fully saturated rings. The van der Waals surface area contributed by atoms with Crippen LogP contribution in [0.5, 0.6) is 0 Å². The van der Waals surface area contributed by atoms with Crippen molar-refractivity contribution in [1.82, 2.24) is 20.0 Å². The highest BCUT2D eigenvalue weighted by molar-refractivity contribution is 7.92. The van der Waals surface area contributed by atoms with E-state index in [0.29, 0.717) is 51.1 Å². The number of amides is 2. The van der Waals surface area contributed by atoms with Crippen LogP contribution in [0.3, 0.4) is 0 Å². The van der Waals surface area contributed by atoms with Gasteiger partial charge in [0.25, 0.3) is 0 Å². The van der Waals surface area contributed by atoms with Gasteiger partial charge < -0.3 is 34.4 Å². The van der Waals surface area contributed by atoms with Crippen LogP contribution in [0, 0.1) is 23.5 Å². The molecule has 1 saturated carbocycles. The number of sulfone groups is 1. The van der Waals surface area contributed by atoms with Gasteiger partial charge in [0.15, 0.2) is 9.84 Å². The largest absolute Gasteiger partial charge is 0.453 e. The van der Waals surface area contributed by atoms with Gasteiger partial charge in [-0.3, -0.25) is 4.79 Å². The van der Waals surface area contributed by atoms with Crippen LogP contribution in [0.25, 0.3) is 0 Å². The van der Waals surface area contributed by atoms with Gasteiger partial charge in [-0.1, -0.05) is 31.6 Å². The average molecular weight is 812 g/mol. The molecule has 0 aromatic heterocycles. The molecule has 4 saturated heterocycles. The van der Waals surface area contributed by atoms with E-state index in [0.717, 1.165) is 82.9 Å². The molecule has 0 spiro atoms. The van der Waals surface area contributed by atoms with Crippen molar-refractivity contribution in [1.29, 1.82) is 0 Å². The minimum Gasteiger partial charge on any atom is -0.453 e. The molecule has 57 heavy (non-hydrogen) atoms. The van der Waals surface area contributed by atoms with Crippen LogP contribution in [-0.2, 0) is 29.5 Å². The third-order valence-corrected chi connectivity index (χ3v) is 16.0. The number of hydrogen-bond acceptors (Lipinski definition) is 9. The number of halogens is 2. The molecule has 7 rings (SSSR count). The van der Waals surface area contributed by atoms with Gasteiger partial charge in [-0.2, -0.15) is 0 Å². The maximum Gasteiger partial charge on any atom is 0.407 e. The first-order valence-electron chi connectivity index (χ1n) is 20.7. The summed E-state index contributed by atoms with van der Waals surface area (Å²) in [4.78, 5) is 33.1. The number of carbonyl (C=O) groups excluding carboxylic acids is 2. The predicted octanol–water partition coefficient (Wildman–Crippen LogP) is 5.39. The summed E-state index contributed by atoms with van der Waals surface area (Å²) in [6.07, 6.45) is 8.30. The van der Waals surface area contributed by atoms with E-state index in [4.69, 9.17) is 9.47 Å². The summed E-state index contributed by atoms with van der Waals surface area (Å²) in [6.45, 7) is 10.2. The lowest BCUT2D eigenvalue weighted by Gasteiger charge is -2.55. The Labute approximate surface area is 336 Å². The molecule has 1 aliphatic carbocycles. The molecule has 312 valence electrons. The normalized spacial score (nSPS) is 25.8. The molecule has 11 nitrogen and oxygen atoms in total. The SMILES string of the molecule is C=CC(=O)N1CCCC[C@@H](S(=O)(=O)c2ccc(N3CC(CN4CCC([C@@](CN5CCC5)(c5cccc(F)c5)[C@H]5CCC[C@@H]5NC(=O)OC)CC4)(OC)C3)c(F)c2)C1. The molecule has 4 aliphatic heterocycles. The summed E-state index contributed by atoms with van der Waals surface area (Å²) in [6, 6.07) is 11.2. The van der Waals surface area contributed by atoms with E-state index in [1.54, 1.807) is 19.2 Å². The summed E-state index contributed by atoms with van der Waals surface area (Å²) in [5.74, 6) is -0.762. The quantitative estimate of drug-likeness (QED) is 0.267. The van der Waals surface area contributed by atoms with E-state index in [2.05, 4.69) is 27.8 Å². The Bertz CT molecular complexity index is 1880. The number of rotatable bonds is 13. The van der Waals surface area contributed by atoms with Crippen molar-refractivity contribution in [3.63, 3.8) is 0 Å².